The topological polar surface area (TPSA) is 69.6 Å². The van der Waals surface area contributed by atoms with Gasteiger partial charge < -0.3 is 5.73 Å². The van der Waals surface area contributed by atoms with Crippen LogP contribution in [-0.4, -0.2) is 19.7 Å². The van der Waals surface area contributed by atoms with Gasteiger partial charge >= 0.3 is 0 Å². The third-order valence-corrected chi connectivity index (χ3v) is 3.32. The van der Waals surface area contributed by atoms with Crippen molar-refractivity contribution < 1.29 is 0 Å². The molecule has 0 radical (unpaired) electrons. The van der Waals surface area contributed by atoms with Crippen LogP contribution >= 0.6 is 0 Å². The second-order valence-corrected chi connectivity index (χ2v) is 4.82. The van der Waals surface area contributed by atoms with Gasteiger partial charge in [0.2, 0.25) is 0 Å². The van der Waals surface area contributed by atoms with Crippen molar-refractivity contribution in [2.45, 2.75) is 25.9 Å². The van der Waals surface area contributed by atoms with Gasteiger partial charge in [0.05, 0.1) is 23.3 Å². The molecule has 5 heteroatoms. The lowest BCUT2D eigenvalue weighted by atomic mass is 10.0. The van der Waals surface area contributed by atoms with Crippen molar-refractivity contribution in [3.8, 4) is 0 Å². The van der Waals surface area contributed by atoms with E-state index < -0.39 is 0 Å². The number of nitrogens with zero attached hydrogens (tertiary/aromatic N) is 4. The monoisotopic (exact) mass is 267 g/mol. The average Bonchev–Trinajstić information content (AvgIpc) is 2.95. The number of aryl methyl sites for hydroxylation is 1. The van der Waals surface area contributed by atoms with Crippen molar-refractivity contribution >= 4 is 11.0 Å². The SMILES string of the molecule is CCCn1cc(C(N)c2ccc3nccnc3c2)cn1. The molecule has 102 valence electrons. The van der Waals surface area contributed by atoms with Gasteiger partial charge in [-0.05, 0) is 24.1 Å². The number of hydrogen-bond donors (Lipinski definition) is 1. The van der Waals surface area contributed by atoms with Crippen LogP contribution in [0.25, 0.3) is 11.0 Å². The highest BCUT2D eigenvalue weighted by molar-refractivity contribution is 5.74. The number of rotatable bonds is 4. The molecule has 0 aliphatic heterocycles. The highest BCUT2D eigenvalue weighted by Crippen LogP contribution is 2.21. The van der Waals surface area contributed by atoms with Crippen LogP contribution in [0.1, 0.15) is 30.5 Å². The van der Waals surface area contributed by atoms with Crippen molar-refractivity contribution in [1.29, 1.82) is 0 Å². The fourth-order valence-corrected chi connectivity index (χ4v) is 2.26. The zero-order valence-electron chi connectivity index (χ0n) is 11.4. The first-order chi connectivity index (χ1) is 9.78. The quantitative estimate of drug-likeness (QED) is 0.787. The standard InChI is InChI=1S/C15H17N5/c1-2-7-20-10-12(9-19-20)15(16)11-3-4-13-14(8-11)18-6-5-17-13/h3-6,8-10,15H,2,7,16H2,1H3. The Morgan fingerprint density at radius 2 is 1.95 bits per heavy atom. The molecule has 2 heterocycles. The van der Waals surface area contributed by atoms with Crippen LogP contribution < -0.4 is 5.73 Å². The minimum absolute atomic E-state index is 0.188. The summed E-state index contributed by atoms with van der Waals surface area (Å²) in [7, 11) is 0. The van der Waals surface area contributed by atoms with Gasteiger partial charge in [-0.1, -0.05) is 13.0 Å². The van der Waals surface area contributed by atoms with E-state index in [0.29, 0.717) is 0 Å². The van der Waals surface area contributed by atoms with Crippen LogP contribution in [0, 0.1) is 0 Å². The van der Waals surface area contributed by atoms with E-state index in [0.717, 1.165) is 35.1 Å². The minimum Gasteiger partial charge on any atom is -0.320 e. The molecule has 3 aromatic rings. The van der Waals surface area contributed by atoms with Crippen molar-refractivity contribution in [2.75, 3.05) is 0 Å². The van der Waals surface area contributed by atoms with Crippen LogP contribution in [0.5, 0.6) is 0 Å². The first-order valence-corrected chi connectivity index (χ1v) is 6.76. The molecule has 0 bridgehead atoms. The Morgan fingerprint density at radius 3 is 2.75 bits per heavy atom. The van der Waals surface area contributed by atoms with Gasteiger partial charge in [-0.25, -0.2) is 0 Å². The lowest BCUT2D eigenvalue weighted by Gasteiger charge is -2.10. The predicted octanol–water partition coefficient (Wildman–Crippen LogP) is 2.28. The molecule has 0 amide bonds. The van der Waals surface area contributed by atoms with Gasteiger partial charge in [0, 0.05) is 30.7 Å². The van der Waals surface area contributed by atoms with E-state index in [2.05, 4.69) is 22.0 Å². The first kappa shape index (κ1) is 12.7. The lowest BCUT2D eigenvalue weighted by Crippen LogP contribution is -2.11. The molecule has 5 nitrogen and oxygen atoms in total. The van der Waals surface area contributed by atoms with Crippen LogP contribution in [0.15, 0.2) is 43.0 Å². The maximum Gasteiger partial charge on any atom is 0.0890 e. The van der Waals surface area contributed by atoms with Crippen LogP contribution in [0.3, 0.4) is 0 Å². The maximum atomic E-state index is 6.32. The molecule has 0 fully saturated rings. The van der Waals surface area contributed by atoms with Crippen LogP contribution in [-0.2, 0) is 6.54 Å². The summed E-state index contributed by atoms with van der Waals surface area (Å²) in [5, 5.41) is 4.32. The summed E-state index contributed by atoms with van der Waals surface area (Å²) in [4.78, 5) is 8.58. The third kappa shape index (κ3) is 2.40. The molecule has 1 unspecified atom stereocenters. The molecule has 1 atom stereocenters. The number of nitrogens with two attached hydrogens (primary N) is 1. The molecule has 0 spiro atoms. The summed E-state index contributed by atoms with van der Waals surface area (Å²) in [5.74, 6) is 0. The smallest absolute Gasteiger partial charge is 0.0890 e. The number of benzene rings is 1. The maximum absolute atomic E-state index is 6.32. The van der Waals surface area contributed by atoms with Gasteiger partial charge in [-0.2, -0.15) is 5.10 Å². The van der Waals surface area contributed by atoms with Gasteiger partial charge in [0.15, 0.2) is 0 Å². The molecule has 3 rings (SSSR count). The molecular weight excluding hydrogens is 250 g/mol. The van der Waals surface area contributed by atoms with E-state index in [9.17, 15) is 0 Å². The van der Waals surface area contributed by atoms with E-state index in [1.165, 1.54) is 0 Å². The summed E-state index contributed by atoms with van der Waals surface area (Å²) in [6, 6.07) is 5.75. The summed E-state index contributed by atoms with van der Waals surface area (Å²) < 4.78 is 1.93. The first-order valence-electron chi connectivity index (χ1n) is 6.76. The molecule has 0 saturated carbocycles. The lowest BCUT2D eigenvalue weighted by molar-refractivity contribution is 0.602. The Morgan fingerprint density at radius 1 is 1.15 bits per heavy atom. The predicted molar refractivity (Wildman–Crippen MR) is 78.1 cm³/mol. The average molecular weight is 267 g/mol. The van der Waals surface area contributed by atoms with Crippen molar-refractivity contribution in [1.82, 2.24) is 19.7 Å². The van der Waals surface area contributed by atoms with E-state index in [1.807, 2.05) is 35.3 Å². The summed E-state index contributed by atoms with van der Waals surface area (Å²) in [5.41, 5.74) is 10.1. The Bertz CT molecular complexity index is 719. The van der Waals surface area contributed by atoms with Crippen LogP contribution in [0.4, 0.5) is 0 Å². The molecule has 0 aliphatic rings. The van der Waals surface area contributed by atoms with Gasteiger partial charge in [0.1, 0.15) is 0 Å². The Labute approximate surface area is 117 Å². The highest BCUT2D eigenvalue weighted by Gasteiger charge is 2.12. The molecule has 0 saturated heterocycles. The van der Waals surface area contributed by atoms with E-state index in [-0.39, 0.29) is 6.04 Å². The Kier molecular flexibility index (Phi) is 3.43. The summed E-state index contributed by atoms with van der Waals surface area (Å²) >= 11 is 0. The second-order valence-electron chi connectivity index (χ2n) is 4.82. The Balaban J connectivity index is 1.92. The number of hydrogen-bond acceptors (Lipinski definition) is 4. The van der Waals surface area contributed by atoms with E-state index in [1.54, 1.807) is 12.4 Å². The second kappa shape index (κ2) is 5.38. The molecule has 2 N–H and O–H groups in total. The zero-order valence-corrected chi connectivity index (χ0v) is 11.4. The summed E-state index contributed by atoms with van der Waals surface area (Å²) in [6.07, 6.45) is 8.28. The fraction of sp³-hybridized carbons (Fsp3) is 0.267. The van der Waals surface area contributed by atoms with Crippen molar-refractivity contribution in [3.63, 3.8) is 0 Å². The summed E-state index contributed by atoms with van der Waals surface area (Å²) in [6.45, 7) is 3.04. The van der Waals surface area contributed by atoms with Crippen LogP contribution in [0.2, 0.25) is 0 Å². The largest absolute Gasteiger partial charge is 0.320 e. The van der Waals surface area contributed by atoms with Crippen molar-refractivity contribution in [2.24, 2.45) is 5.73 Å². The van der Waals surface area contributed by atoms with Gasteiger partial charge in [-0.15, -0.1) is 0 Å². The molecule has 0 aliphatic carbocycles. The van der Waals surface area contributed by atoms with E-state index >= 15 is 0 Å². The number of aromatic nitrogens is 4. The molecule has 20 heavy (non-hydrogen) atoms. The molecule has 1 aromatic carbocycles. The number of fused-ring (bicyclic) bond motifs is 1. The normalized spacial score (nSPS) is 12.7. The molecule has 2 aromatic heterocycles. The Hall–Kier alpha value is -2.27. The van der Waals surface area contributed by atoms with Gasteiger partial charge in [0.25, 0.3) is 0 Å². The van der Waals surface area contributed by atoms with E-state index in [4.69, 9.17) is 5.73 Å². The third-order valence-electron chi connectivity index (χ3n) is 3.32. The zero-order chi connectivity index (χ0) is 13.9. The minimum atomic E-state index is -0.188. The fourth-order valence-electron chi connectivity index (χ4n) is 2.26. The van der Waals surface area contributed by atoms with Crippen molar-refractivity contribution in [3.05, 3.63) is 54.1 Å². The molecular formula is C15H17N5. The van der Waals surface area contributed by atoms with Gasteiger partial charge in [-0.3, -0.25) is 14.6 Å². The highest BCUT2D eigenvalue weighted by atomic mass is 15.3.